The number of rotatable bonds is 4. The molecule has 94 valence electrons. The number of carboxylic acid groups (broad SMARTS) is 1. The molecule has 0 aliphatic carbocycles. The van der Waals surface area contributed by atoms with Gasteiger partial charge < -0.3 is 20.1 Å². The van der Waals surface area contributed by atoms with Crippen molar-refractivity contribution in [3.05, 3.63) is 30.5 Å². The lowest BCUT2D eigenvalue weighted by molar-refractivity contribution is -0.176. The van der Waals surface area contributed by atoms with Crippen LogP contribution in [0.2, 0.25) is 0 Å². The van der Waals surface area contributed by atoms with Gasteiger partial charge in [0, 0.05) is 23.6 Å². The number of anilines is 1. The molecular formula is C13H14N2O3. The molecule has 2 aromatic rings. The van der Waals surface area contributed by atoms with E-state index in [1.807, 2.05) is 30.5 Å². The van der Waals surface area contributed by atoms with E-state index >= 15 is 0 Å². The maximum absolute atomic E-state index is 11.2. The zero-order chi connectivity index (χ0) is 12.6. The van der Waals surface area contributed by atoms with Gasteiger partial charge >= 0.3 is 5.97 Å². The molecule has 3 N–H and O–H groups in total. The van der Waals surface area contributed by atoms with Crippen molar-refractivity contribution in [2.75, 3.05) is 25.1 Å². The summed E-state index contributed by atoms with van der Waals surface area (Å²) in [5, 5.41) is 13.5. The Morgan fingerprint density at radius 1 is 1.44 bits per heavy atom. The third kappa shape index (κ3) is 1.64. The van der Waals surface area contributed by atoms with E-state index in [1.54, 1.807) is 0 Å². The normalized spacial score (nSPS) is 17.3. The van der Waals surface area contributed by atoms with Crippen LogP contribution in [0, 0.1) is 5.41 Å². The summed E-state index contributed by atoms with van der Waals surface area (Å²) in [7, 11) is 0. The molecule has 0 unspecified atom stereocenters. The molecular weight excluding hydrogens is 232 g/mol. The number of carbonyl (C=O) groups is 1. The van der Waals surface area contributed by atoms with Gasteiger partial charge in [-0.25, -0.2) is 0 Å². The van der Waals surface area contributed by atoms with Crippen LogP contribution in [0.15, 0.2) is 30.5 Å². The smallest absolute Gasteiger partial charge is 0.316 e. The molecule has 1 aromatic carbocycles. The lowest BCUT2D eigenvalue weighted by Gasteiger charge is -2.37. The summed E-state index contributed by atoms with van der Waals surface area (Å²) in [6.45, 7) is 0.930. The summed E-state index contributed by atoms with van der Waals surface area (Å²) in [5.74, 6) is -0.805. The van der Waals surface area contributed by atoms with E-state index in [0.29, 0.717) is 6.54 Å². The van der Waals surface area contributed by atoms with Gasteiger partial charge in [-0.1, -0.05) is 18.2 Å². The topological polar surface area (TPSA) is 74.4 Å². The van der Waals surface area contributed by atoms with Crippen LogP contribution in [0.25, 0.3) is 10.9 Å². The van der Waals surface area contributed by atoms with Crippen molar-refractivity contribution in [2.45, 2.75) is 0 Å². The van der Waals surface area contributed by atoms with Crippen LogP contribution in [-0.2, 0) is 9.53 Å². The van der Waals surface area contributed by atoms with Gasteiger partial charge in [-0.05, 0) is 6.07 Å². The minimum absolute atomic E-state index is 0.275. The number of hydrogen-bond donors (Lipinski definition) is 3. The first-order valence-corrected chi connectivity index (χ1v) is 5.82. The predicted molar refractivity (Wildman–Crippen MR) is 67.7 cm³/mol. The SMILES string of the molecule is O=C(O)C1(CNc2c[nH]c3ccccc23)COC1. The largest absolute Gasteiger partial charge is 0.481 e. The molecule has 2 heterocycles. The molecule has 18 heavy (non-hydrogen) atoms. The zero-order valence-corrected chi connectivity index (χ0v) is 9.77. The van der Waals surface area contributed by atoms with Crippen molar-refractivity contribution in [3.63, 3.8) is 0 Å². The second-order valence-electron chi connectivity index (χ2n) is 4.68. The summed E-state index contributed by atoms with van der Waals surface area (Å²) >= 11 is 0. The molecule has 1 aliphatic heterocycles. The molecule has 3 rings (SSSR count). The second-order valence-corrected chi connectivity index (χ2v) is 4.68. The number of fused-ring (bicyclic) bond motifs is 1. The Labute approximate surface area is 104 Å². The van der Waals surface area contributed by atoms with E-state index in [9.17, 15) is 9.90 Å². The van der Waals surface area contributed by atoms with Crippen LogP contribution in [-0.4, -0.2) is 35.8 Å². The van der Waals surface area contributed by atoms with Gasteiger partial charge in [0.05, 0.1) is 18.9 Å². The van der Waals surface area contributed by atoms with Crippen LogP contribution in [0.3, 0.4) is 0 Å². The van der Waals surface area contributed by atoms with E-state index in [2.05, 4.69) is 10.3 Å². The van der Waals surface area contributed by atoms with E-state index in [0.717, 1.165) is 16.6 Å². The lowest BCUT2D eigenvalue weighted by atomic mass is 9.86. The van der Waals surface area contributed by atoms with Gasteiger partial charge in [-0.15, -0.1) is 0 Å². The Bertz CT molecular complexity index is 587. The van der Waals surface area contributed by atoms with Crippen molar-refractivity contribution in [1.29, 1.82) is 0 Å². The molecule has 1 aromatic heterocycles. The van der Waals surface area contributed by atoms with Crippen molar-refractivity contribution in [1.82, 2.24) is 4.98 Å². The van der Waals surface area contributed by atoms with Gasteiger partial charge in [-0.2, -0.15) is 0 Å². The number of carboxylic acids is 1. The zero-order valence-electron chi connectivity index (χ0n) is 9.77. The summed E-state index contributed by atoms with van der Waals surface area (Å²) in [6.07, 6.45) is 1.86. The van der Waals surface area contributed by atoms with Crippen LogP contribution >= 0.6 is 0 Å². The van der Waals surface area contributed by atoms with E-state index in [4.69, 9.17) is 4.74 Å². The third-order valence-electron chi connectivity index (χ3n) is 3.42. The molecule has 0 saturated carbocycles. The number of ether oxygens (including phenoxy) is 1. The van der Waals surface area contributed by atoms with Gasteiger partial charge in [0.25, 0.3) is 0 Å². The Hall–Kier alpha value is -2.01. The second kappa shape index (κ2) is 4.03. The number of hydrogen-bond acceptors (Lipinski definition) is 3. The highest BCUT2D eigenvalue weighted by Crippen LogP contribution is 2.30. The average molecular weight is 246 g/mol. The first-order chi connectivity index (χ1) is 8.71. The molecule has 5 nitrogen and oxygen atoms in total. The highest BCUT2D eigenvalue weighted by molar-refractivity contribution is 5.92. The van der Waals surface area contributed by atoms with Gasteiger partial charge in [0.2, 0.25) is 0 Å². The van der Waals surface area contributed by atoms with E-state index in [-0.39, 0.29) is 13.2 Å². The molecule has 5 heteroatoms. The summed E-state index contributed by atoms with van der Waals surface area (Å²) in [4.78, 5) is 14.3. The minimum atomic E-state index is -0.805. The molecule has 0 amide bonds. The lowest BCUT2D eigenvalue weighted by Crippen LogP contribution is -2.53. The van der Waals surface area contributed by atoms with E-state index < -0.39 is 11.4 Å². The maximum Gasteiger partial charge on any atom is 0.316 e. The number of benzene rings is 1. The van der Waals surface area contributed by atoms with Crippen LogP contribution < -0.4 is 5.32 Å². The van der Waals surface area contributed by atoms with Crippen LogP contribution in [0.4, 0.5) is 5.69 Å². The molecule has 1 fully saturated rings. The first kappa shape index (κ1) is 11.1. The van der Waals surface area contributed by atoms with Crippen molar-refractivity contribution in [3.8, 4) is 0 Å². The predicted octanol–water partition coefficient (Wildman–Crippen LogP) is 1.68. The van der Waals surface area contributed by atoms with Gasteiger partial charge in [-0.3, -0.25) is 4.79 Å². The third-order valence-corrected chi connectivity index (χ3v) is 3.42. The molecule has 0 radical (unpaired) electrons. The Morgan fingerprint density at radius 2 is 2.22 bits per heavy atom. The molecule has 0 spiro atoms. The Balaban J connectivity index is 1.79. The average Bonchev–Trinajstić information content (AvgIpc) is 2.71. The fraction of sp³-hybridized carbons (Fsp3) is 0.308. The first-order valence-electron chi connectivity index (χ1n) is 5.82. The fourth-order valence-electron chi connectivity index (χ4n) is 2.13. The summed E-state index contributed by atoms with van der Waals surface area (Å²) in [6, 6.07) is 7.90. The number of H-pyrrole nitrogens is 1. The van der Waals surface area contributed by atoms with E-state index in [1.165, 1.54) is 0 Å². The van der Waals surface area contributed by atoms with Crippen molar-refractivity contribution in [2.24, 2.45) is 5.41 Å². The van der Waals surface area contributed by atoms with Crippen LogP contribution in [0.1, 0.15) is 0 Å². The van der Waals surface area contributed by atoms with Crippen LogP contribution in [0.5, 0.6) is 0 Å². The van der Waals surface area contributed by atoms with Gasteiger partial charge in [0.1, 0.15) is 5.41 Å². The summed E-state index contributed by atoms with van der Waals surface area (Å²) in [5.41, 5.74) is 1.19. The molecule has 1 aliphatic rings. The quantitative estimate of drug-likeness (QED) is 0.767. The monoisotopic (exact) mass is 246 g/mol. The number of para-hydroxylation sites is 1. The highest BCUT2D eigenvalue weighted by Gasteiger charge is 2.46. The summed E-state index contributed by atoms with van der Waals surface area (Å²) < 4.78 is 5.03. The molecule has 0 atom stereocenters. The number of nitrogens with one attached hydrogen (secondary N) is 2. The Kier molecular flexibility index (Phi) is 2.48. The Morgan fingerprint density at radius 3 is 2.89 bits per heavy atom. The fourth-order valence-corrected chi connectivity index (χ4v) is 2.13. The van der Waals surface area contributed by atoms with Crippen molar-refractivity contribution < 1.29 is 14.6 Å². The number of aromatic nitrogens is 1. The maximum atomic E-state index is 11.2. The minimum Gasteiger partial charge on any atom is -0.481 e. The number of aromatic amines is 1. The van der Waals surface area contributed by atoms with Gasteiger partial charge in [0.15, 0.2) is 0 Å². The standard InChI is InChI=1S/C13H14N2O3/c16-12(17)13(7-18-8-13)6-15-11-5-14-10-4-2-1-3-9(10)11/h1-5,14-15H,6-8H2,(H,16,17). The molecule has 1 saturated heterocycles. The molecule has 0 bridgehead atoms. The number of aliphatic carboxylic acids is 1. The highest BCUT2D eigenvalue weighted by atomic mass is 16.5. The van der Waals surface area contributed by atoms with Crippen molar-refractivity contribution >= 4 is 22.6 Å².